The average molecular weight is 399 g/mol. The van der Waals surface area contributed by atoms with Crippen LogP contribution >= 0.6 is 11.3 Å². The van der Waals surface area contributed by atoms with Gasteiger partial charge in [0.25, 0.3) is 0 Å². The molecule has 0 amide bonds. The highest BCUT2D eigenvalue weighted by atomic mass is 32.1. The monoisotopic (exact) mass is 398 g/mol. The SMILES string of the molecule is CN=C(NCCCc1nc2ccccc2s1)NCc1ccc(OC)c(OC)c1. The molecule has 7 heteroatoms. The minimum Gasteiger partial charge on any atom is -0.493 e. The summed E-state index contributed by atoms with van der Waals surface area (Å²) < 4.78 is 11.9. The van der Waals surface area contributed by atoms with E-state index in [0.29, 0.717) is 6.54 Å². The number of hydrogen-bond acceptors (Lipinski definition) is 5. The summed E-state index contributed by atoms with van der Waals surface area (Å²) in [5.41, 5.74) is 2.18. The van der Waals surface area contributed by atoms with Gasteiger partial charge in [-0.15, -0.1) is 11.3 Å². The van der Waals surface area contributed by atoms with Crippen molar-refractivity contribution in [2.24, 2.45) is 4.99 Å². The third-order valence-electron chi connectivity index (χ3n) is 4.33. The molecular weight excluding hydrogens is 372 g/mol. The van der Waals surface area contributed by atoms with Crippen molar-refractivity contribution in [3.05, 3.63) is 53.0 Å². The van der Waals surface area contributed by atoms with Crippen LogP contribution in [0.1, 0.15) is 17.0 Å². The first kappa shape index (κ1) is 19.9. The maximum absolute atomic E-state index is 5.35. The Balaban J connectivity index is 1.44. The van der Waals surface area contributed by atoms with E-state index in [2.05, 4.69) is 38.8 Å². The Kier molecular flexibility index (Phi) is 7.08. The smallest absolute Gasteiger partial charge is 0.191 e. The van der Waals surface area contributed by atoms with Crippen molar-refractivity contribution in [1.29, 1.82) is 0 Å². The normalized spacial score (nSPS) is 11.5. The van der Waals surface area contributed by atoms with Crippen molar-refractivity contribution in [2.45, 2.75) is 19.4 Å². The van der Waals surface area contributed by atoms with Gasteiger partial charge in [-0.25, -0.2) is 4.98 Å². The van der Waals surface area contributed by atoms with Crippen LogP contribution in [0.4, 0.5) is 0 Å². The Morgan fingerprint density at radius 3 is 2.64 bits per heavy atom. The highest BCUT2D eigenvalue weighted by Crippen LogP contribution is 2.27. The van der Waals surface area contributed by atoms with E-state index < -0.39 is 0 Å². The van der Waals surface area contributed by atoms with E-state index in [9.17, 15) is 0 Å². The van der Waals surface area contributed by atoms with E-state index in [4.69, 9.17) is 9.47 Å². The van der Waals surface area contributed by atoms with Crippen LogP contribution in [0.2, 0.25) is 0 Å². The van der Waals surface area contributed by atoms with Crippen LogP contribution in [-0.2, 0) is 13.0 Å². The molecule has 0 unspecified atom stereocenters. The summed E-state index contributed by atoms with van der Waals surface area (Å²) in [6.45, 7) is 1.49. The molecule has 0 fully saturated rings. The Bertz CT molecular complexity index is 906. The zero-order valence-electron chi connectivity index (χ0n) is 16.5. The summed E-state index contributed by atoms with van der Waals surface area (Å²) in [6, 6.07) is 14.1. The van der Waals surface area contributed by atoms with E-state index in [1.54, 1.807) is 32.6 Å². The van der Waals surface area contributed by atoms with Crippen molar-refractivity contribution in [2.75, 3.05) is 27.8 Å². The number of ether oxygens (including phenoxy) is 2. The number of aryl methyl sites for hydroxylation is 1. The topological polar surface area (TPSA) is 67.8 Å². The van der Waals surface area contributed by atoms with Gasteiger partial charge in [-0.1, -0.05) is 18.2 Å². The van der Waals surface area contributed by atoms with Crippen LogP contribution < -0.4 is 20.1 Å². The van der Waals surface area contributed by atoms with E-state index in [1.165, 1.54) is 9.71 Å². The molecule has 0 aliphatic carbocycles. The van der Waals surface area contributed by atoms with E-state index in [-0.39, 0.29) is 0 Å². The minimum absolute atomic E-state index is 0.651. The van der Waals surface area contributed by atoms with Crippen LogP contribution in [0, 0.1) is 0 Å². The number of para-hydroxylation sites is 1. The maximum atomic E-state index is 5.35. The molecule has 0 aliphatic rings. The third kappa shape index (κ3) is 5.13. The Morgan fingerprint density at radius 2 is 1.89 bits per heavy atom. The van der Waals surface area contributed by atoms with Gasteiger partial charge in [0.1, 0.15) is 0 Å². The summed E-state index contributed by atoms with van der Waals surface area (Å²) in [5, 5.41) is 7.86. The second-order valence-electron chi connectivity index (χ2n) is 6.22. The molecule has 2 N–H and O–H groups in total. The number of guanidine groups is 1. The zero-order chi connectivity index (χ0) is 19.8. The average Bonchev–Trinajstić information content (AvgIpc) is 3.15. The Labute approximate surface area is 169 Å². The summed E-state index contributed by atoms with van der Waals surface area (Å²) in [4.78, 5) is 8.96. The lowest BCUT2D eigenvalue weighted by atomic mass is 10.2. The molecule has 148 valence electrons. The lowest BCUT2D eigenvalue weighted by Gasteiger charge is -2.13. The molecule has 0 aliphatic heterocycles. The van der Waals surface area contributed by atoms with Gasteiger partial charge in [0, 0.05) is 26.6 Å². The fourth-order valence-corrected chi connectivity index (χ4v) is 3.88. The van der Waals surface area contributed by atoms with Gasteiger partial charge >= 0.3 is 0 Å². The van der Waals surface area contributed by atoms with Gasteiger partial charge in [0.15, 0.2) is 17.5 Å². The highest BCUT2D eigenvalue weighted by Gasteiger charge is 2.06. The molecule has 0 spiro atoms. The van der Waals surface area contributed by atoms with Crippen molar-refractivity contribution in [3.8, 4) is 11.5 Å². The van der Waals surface area contributed by atoms with Gasteiger partial charge in [0.2, 0.25) is 0 Å². The summed E-state index contributed by atoms with van der Waals surface area (Å²) in [6.07, 6.45) is 1.95. The number of nitrogens with zero attached hydrogens (tertiary/aromatic N) is 2. The lowest BCUT2D eigenvalue weighted by Crippen LogP contribution is -2.37. The molecule has 1 heterocycles. The summed E-state index contributed by atoms with van der Waals surface area (Å²) in [7, 11) is 5.05. The number of aliphatic imine (C=N–C) groups is 1. The fourth-order valence-electron chi connectivity index (χ4n) is 2.87. The van der Waals surface area contributed by atoms with Gasteiger partial charge in [-0.2, -0.15) is 0 Å². The number of benzene rings is 2. The van der Waals surface area contributed by atoms with E-state index >= 15 is 0 Å². The van der Waals surface area contributed by atoms with Crippen molar-refractivity contribution >= 4 is 27.5 Å². The zero-order valence-corrected chi connectivity index (χ0v) is 17.3. The lowest BCUT2D eigenvalue weighted by molar-refractivity contribution is 0.354. The molecule has 28 heavy (non-hydrogen) atoms. The number of rotatable bonds is 8. The quantitative estimate of drug-likeness (QED) is 0.345. The molecule has 2 aromatic carbocycles. The van der Waals surface area contributed by atoms with Crippen molar-refractivity contribution < 1.29 is 9.47 Å². The predicted octanol–water partition coefficient (Wildman–Crippen LogP) is 3.61. The second kappa shape index (κ2) is 9.94. The standard InChI is InChI=1S/C21H26N4O2S/c1-22-21(24-14-15-10-11-17(26-2)18(13-15)27-3)23-12-6-9-20-25-16-7-4-5-8-19(16)28-20/h4-5,7-8,10-11,13H,6,9,12,14H2,1-3H3,(H2,22,23,24). The number of fused-ring (bicyclic) bond motifs is 1. The van der Waals surface area contributed by atoms with Gasteiger partial charge in [0.05, 0.1) is 29.4 Å². The molecule has 1 aromatic heterocycles. The first-order valence-corrected chi connectivity index (χ1v) is 10.0. The molecule has 0 atom stereocenters. The minimum atomic E-state index is 0.651. The fraction of sp³-hybridized carbons (Fsp3) is 0.333. The second-order valence-corrected chi connectivity index (χ2v) is 7.34. The molecule has 3 aromatic rings. The van der Waals surface area contributed by atoms with Gasteiger partial charge in [-0.3, -0.25) is 4.99 Å². The first-order chi connectivity index (χ1) is 13.7. The van der Waals surface area contributed by atoms with E-state index in [0.717, 1.165) is 47.9 Å². The number of nitrogens with one attached hydrogen (secondary N) is 2. The van der Waals surface area contributed by atoms with Crippen molar-refractivity contribution in [1.82, 2.24) is 15.6 Å². The highest BCUT2D eigenvalue weighted by molar-refractivity contribution is 7.18. The molecular formula is C21H26N4O2S. The molecule has 3 rings (SSSR count). The number of hydrogen-bond donors (Lipinski definition) is 2. The van der Waals surface area contributed by atoms with Crippen molar-refractivity contribution in [3.63, 3.8) is 0 Å². The predicted molar refractivity (Wildman–Crippen MR) is 116 cm³/mol. The van der Waals surface area contributed by atoms with Crippen LogP contribution in [0.15, 0.2) is 47.5 Å². The maximum Gasteiger partial charge on any atom is 0.191 e. The number of aromatic nitrogens is 1. The number of thiazole rings is 1. The summed E-state index contributed by atoms with van der Waals surface area (Å²) >= 11 is 1.77. The Morgan fingerprint density at radius 1 is 1.07 bits per heavy atom. The molecule has 0 saturated carbocycles. The van der Waals surface area contributed by atoms with Crippen LogP contribution in [0.25, 0.3) is 10.2 Å². The largest absolute Gasteiger partial charge is 0.493 e. The van der Waals surface area contributed by atoms with E-state index in [1.807, 2.05) is 24.3 Å². The molecule has 0 bridgehead atoms. The third-order valence-corrected chi connectivity index (χ3v) is 5.43. The molecule has 0 saturated heterocycles. The summed E-state index contributed by atoms with van der Waals surface area (Å²) in [5.74, 6) is 2.23. The first-order valence-electron chi connectivity index (χ1n) is 9.23. The van der Waals surface area contributed by atoms with Gasteiger partial charge in [-0.05, 0) is 36.2 Å². The van der Waals surface area contributed by atoms with Crippen LogP contribution in [0.3, 0.4) is 0 Å². The molecule has 6 nitrogen and oxygen atoms in total. The number of methoxy groups -OCH3 is 2. The Hall–Kier alpha value is -2.80. The van der Waals surface area contributed by atoms with Gasteiger partial charge < -0.3 is 20.1 Å². The van der Waals surface area contributed by atoms with Crippen LogP contribution in [-0.4, -0.2) is 38.8 Å². The molecule has 0 radical (unpaired) electrons. The van der Waals surface area contributed by atoms with Crippen LogP contribution in [0.5, 0.6) is 11.5 Å².